The number of nitrogens with zero attached hydrogens (tertiary/aromatic N) is 3. The van der Waals surface area contributed by atoms with E-state index in [0.717, 1.165) is 16.5 Å². The Balaban J connectivity index is 1.42. The minimum Gasteiger partial charge on any atom is -0.487 e. The maximum atomic E-state index is 12.5. The highest BCUT2D eigenvalue weighted by molar-refractivity contribution is 5.93. The molecule has 0 radical (unpaired) electrons. The molecule has 0 unspecified atom stereocenters. The molecule has 0 aliphatic carbocycles. The van der Waals surface area contributed by atoms with E-state index in [-0.39, 0.29) is 18.7 Å². The number of benzene rings is 3. The molecule has 3 aromatic carbocycles. The van der Waals surface area contributed by atoms with E-state index >= 15 is 0 Å². The second kappa shape index (κ2) is 10.3. The summed E-state index contributed by atoms with van der Waals surface area (Å²) in [7, 11) is 0. The largest absolute Gasteiger partial charge is 0.487 e. The molecule has 0 spiro atoms. The predicted octanol–water partition coefficient (Wildman–Crippen LogP) is 6.82. The summed E-state index contributed by atoms with van der Waals surface area (Å²) in [4.78, 5) is 16.8. The standard InChI is InChI=1S/C29H22FN3O3/c30-12-4-7-29(34)33-14-11-21-15-23(8-9-26(21)33)36-27-10-13-32-25-17-28(22(18-31)16-24(25)27)35-19-20-5-2-1-3-6-20/h1-3,5-6,8-11,13-17H,4,7,12,19H2. The second-order valence-electron chi connectivity index (χ2n) is 8.26. The molecule has 2 heterocycles. The summed E-state index contributed by atoms with van der Waals surface area (Å²) in [6.45, 7) is -0.176. The normalized spacial score (nSPS) is 10.9. The highest BCUT2D eigenvalue weighted by atomic mass is 19.1. The molecule has 36 heavy (non-hydrogen) atoms. The van der Waals surface area contributed by atoms with Crippen LogP contribution < -0.4 is 9.47 Å². The van der Waals surface area contributed by atoms with Crippen molar-refractivity contribution in [3.05, 3.63) is 96.3 Å². The second-order valence-corrected chi connectivity index (χ2v) is 8.26. The number of alkyl halides is 1. The molecule has 2 aromatic heterocycles. The first-order chi connectivity index (χ1) is 17.7. The van der Waals surface area contributed by atoms with Gasteiger partial charge in [-0.15, -0.1) is 0 Å². The third kappa shape index (κ3) is 4.75. The van der Waals surface area contributed by atoms with Crippen LogP contribution in [0.5, 0.6) is 17.2 Å². The number of carbonyl (C=O) groups excluding carboxylic acids is 1. The minimum absolute atomic E-state index is 0.147. The van der Waals surface area contributed by atoms with Gasteiger partial charge in [0.2, 0.25) is 5.91 Å². The van der Waals surface area contributed by atoms with E-state index in [0.29, 0.717) is 40.3 Å². The number of hydrogen-bond acceptors (Lipinski definition) is 5. The van der Waals surface area contributed by atoms with Crippen molar-refractivity contribution in [2.75, 3.05) is 6.67 Å². The van der Waals surface area contributed by atoms with Gasteiger partial charge in [-0.3, -0.25) is 18.7 Å². The lowest BCUT2D eigenvalue weighted by Gasteiger charge is -2.12. The van der Waals surface area contributed by atoms with Gasteiger partial charge >= 0.3 is 0 Å². The molecule has 0 aliphatic rings. The number of fused-ring (bicyclic) bond motifs is 2. The van der Waals surface area contributed by atoms with Gasteiger partial charge in [0.25, 0.3) is 0 Å². The third-order valence-corrected chi connectivity index (χ3v) is 5.84. The Morgan fingerprint density at radius 2 is 1.89 bits per heavy atom. The first-order valence-corrected chi connectivity index (χ1v) is 11.5. The van der Waals surface area contributed by atoms with Crippen molar-refractivity contribution in [1.82, 2.24) is 9.55 Å². The van der Waals surface area contributed by atoms with Crippen LogP contribution in [-0.4, -0.2) is 22.1 Å². The number of rotatable bonds is 8. The Labute approximate surface area is 207 Å². The molecule has 0 bridgehead atoms. The summed E-state index contributed by atoms with van der Waals surface area (Å²) in [6.07, 6.45) is 3.69. The number of pyridine rings is 1. The molecule has 0 N–H and O–H groups in total. The van der Waals surface area contributed by atoms with Crippen LogP contribution in [0.15, 0.2) is 85.2 Å². The number of aromatic nitrogens is 2. The van der Waals surface area contributed by atoms with Gasteiger partial charge < -0.3 is 9.47 Å². The quantitative estimate of drug-likeness (QED) is 0.244. The summed E-state index contributed by atoms with van der Waals surface area (Å²) in [5.74, 6) is 1.43. The summed E-state index contributed by atoms with van der Waals surface area (Å²) < 4.78 is 26.1. The van der Waals surface area contributed by atoms with Crippen LogP contribution in [0, 0.1) is 11.3 Å². The number of carbonyl (C=O) groups is 1. The summed E-state index contributed by atoms with van der Waals surface area (Å²) in [6, 6.07) is 24.4. The molecule has 0 amide bonds. The van der Waals surface area contributed by atoms with Crippen molar-refractivity contribution in [3.8, 4) is 23.3 Å². The Bertz CT molecular complexity index is 1590. The van der Waals surface area contributed by atoms with Gasteiger partial charge in [-0.2, -0.15) is 5.26 Å². The predicted molar refractivity (Wildman–Crippen MR) is 135 cm³/mol. The molecule has 0 aliphatic heterocycles. The molecule has 0 atom stereocenters. The van der Waals surface area contributed by atoms with E-state index in [1.165, 1.54) is 4.57 Å². The molecule has 5 rings (SSSR count). The number of ether oxygens (including phenoxy) is 2. The first kappa shape index (κ1) is 23.1. The van der Waals surface area contributed by atoms with E-state index in [1.54, 1.807) is 42.7 Å². The molecule has 0 saturated heterocycles. The molecule has 178 valence electrons. The van der Waals surface area contributed by atoms with Crippen LogP contribution in [0.1, 0.15) is 28.8 Å². The highest BCUT2D eigenvalue weighted by Gasteiger charge is 2.13. The van der Waals surface area contributed by atoms with Crippen molar-refractivity contribution < 1.29 is 18.7 Å². The van der Waals surface area contributed by atoms with E-state index < -0.39 is 6.67 Å². The van der Waals surface area contributed by atoms with Gasteiger partial charge in [-0.1, -0.05) is 30.3 Å². The van der Waals surface area contributed by atoms with Crippen molar-refractivity contribution >= 4 is 27.7 Å². The monoisotopic (exact) mass is 479 g/mol. The molecule has 0 fully saturated rings. The summed E-state index contributed by atoms with van der Waals surface area (Å²) >= 11 is 0. The van der Waals surface area contributed by atoms with Crippen LogP contribution >= 0.6 is 0 Å². The topological polar surface area (TPSA) is 77.1 Å². The van der Waals surface area contributed by atoms with Crippen LogP contribution in [0.3, 0.4) is 0 Å². The zero-order valence-corrected chi connectivity index (χ0v) is 19.4. The molecule has 0 saturated carbocycles. The fourth-order valence-corrected chi connectivity index (χ4v) is 4.05. The summed E-state index contributed by atoms with van der Waals surface area (Å²) in [5.41, 5.74) is 2.76. The fourth-order valence-electron chi connectivity index (χ4n) is 4.05. The number of halogens is 1. The van der Waals surface area contributed by atoms with Crippen LogP contribution in [-0.2, 0) is 6.61 Å². The van der Waals surface area contributed by atoms with Crippen LogP contribution in [0.25, 0.3) is 21.8 Å². The molecular formula is C29H22FN3O3. The molecule has 6 nitrogen and oxygen atoms in total. The van der Waals surface area contributed by atoms with Gasteiger partial charge in [0.05, 0.1) is 23.3 Å². The lowest BCUT2D eigenvalue weighted by atomic mass is 10.1. The highest BCUT2D eigenvalue weighted by Crippen LogP contribution is 2.34. The Morgan fingerprint density at radius 3 is 2.69 bits per heavy atom. The van der Waals surface area contributed by atoms with Gasteiger partial charge in [0.1, 0.15) is 29.9 Å². The van der Waals surface area contributed by atoms with Crippen molar-refractivity contribution in [1.29, 1.82) is 5.26 Å². The van der Waals surface area contributed by atoms with E-state index in [9.17, 15) is 14.4 Å². The molecule has 5 aromatic rings. The Hall–Kier alpha value is -4.70. The van der Waals surface area contributed by atoms with Crippen molar-refractivity contribution in [3.63, 3.8) is 0 Å². The van der Waals surface area contributed by atoms with Crippen LogP contribution in [0.2, 0.25) is 0 Å². The average Bonchev–Trinajstić information content (AvgIpc) is 3.34. The van der Waals surface area contributed by atoms with Crippen LogP contribution in [0.4, 0.5) is 4.39 Å². The Kier molecular flexibility index (Phi) is 6.59. The molecule has 7 heteroatoms. The number of nitriles is 1. The van der Waals surface area contributed by atoms with Gasteiger partial charge in [0, 0.05) is 35.7 Å². The van der Waals surface area contributed by atoms with E-state index in [4.69, 9.17) is 9.47 Å². The van der Waals surface area contributed by atoms with Crippen molar-refractivity contribution in [2.45, 2.75) is 19.4 Å². The fraction of sp³-hybridized carbons (Fsp3) is 0.138. The van der Waals surface area contributed by atoms with E-state index in [2.05, 4.69) is 11.1 Å². The van der Waals surface area contributed by atoms with Gasteiger partial charge in [0.15, 0.2) is 0 Å². The maximum Gasteiger partial charge on any atom is 0.231 e. The maximum absolute atomic E-state index is 12.5. The zero-order chi connectivity index (χ0) is 24.9. The average molecular weight is 480 g/mol. The first-order valence-electron chi connectivity index (χ1n) is 11.5. The lowest BCUT2D eigenvalue weighted by Crippen LogP contribution is -2.08. The third-order valence-electron chi connectivity index (χ3n) is 5.84. The van der Waals surface area contributed by atoms with Gasteiger partial charge in [-0.05, 0) is 48.4 Å². The molecular weight excluding hydrogens is 457 g/mol. The minimum atomic E-state index is -0.517. The summed E-state index contributed by atoms with van der Waals surface area (Å²) in [5, 5.41) is 11.2. The van der Waals surface area contributed by atoms with Gasteiger partial charge in [-0.25, -0.2) is 0 Å². The zero-order valence-electron chi connectivity index (χ0n) is 19.4. The van der Waals surface area contributed by atoms with E-state index in [1.807, 2.05) is 42.5 Å². The lowest BCUT2D eigenvalue weighted by molar-refractivity contribution is 0.0902. The van der Waals surface area contributed by atoms with Crippen molar-refractivity contribution in [2.24, 2.45) is 0 Å². The Morgan fingerprint density at radius 1 is 1.03 bits per heavy atom. The number of hydrogen-bond donors (Lipinski definition) is 0. The smallest absolute Gasteiger partial charge is 0.231 e. The SMILES string of the molecule is N#Cc1cc2c(Oc3ccc4c(ccn4C(=O)CCCF)c3)ccnc2cc1OCc1ccccc1.